The first-order chi connectivity index (χ1) is 7.77. The minimum atomic E-state index is 0.151. The van der Waals surface area contributed by atoms with Crippen molar-refractivity contribution < 1.29 is 9.47 Å². The van der Waals surface area contributed by atoms with Crippen molar-refractivity contribution in [1.82, 2.24) is 5.32 Å². The summed E-state index contributed by atoms with van der Waals surface area (Å²) in [4.78, 5) is 0. The second kappa shape index (κ2) is 4.28. The van der Waals surface area contributed by atoms with Gasteiger partial charge in [0.25, 0.3) is 0 Å². The lowest BCUT2D eigenvalue weighted by Crippen LogP contribution is -2.55. The first kappa shape index (κ1) is 11.0. The number of hydrogen-bond acceptors (Lipinski definition) is 3. The fourth-order valence-corrected chi connectivity index (χ4v) is 3.47. The molecule has 3 heteroatoms. The number of nitrogens with one attached hydrogen (secondary N) is 1. The molecule has 1 saturated carbocycles. The third-order valence-corrected chi connectivity index (χ3v) is 4.39. The van der Waals surface area contributed by atoms with Gasteiger partial charge >= 0.3 is 0 Å². The Labute approximate surface area is 97.9 Å². The minimum Gasteiger partial charge on any atom is -0.373 e. The zero-order valence-electron chi connectivity index (χ0n) is 10.2. The van der Waals surface area contributed by atoms with Gasteiger partial charge in [0.1, 0.15) is 0 Å². The van der Waals surface area contributed by atoms with E-state index in [1.54, 1.807) is 0 Å². The number of rotatable bonds is 1. The van der Waals surface area contributed by atoms with E-state index in [9.17, 15) is 0 Å². The molecule has 3 atom stereocenters. The van der Waals surface area contributed by atoms with Gasteiger partial charge in [-0.3, -0.25) is 0 Å². The molecule has 3 fully saturated rings. The van der Waals surface area contributed by atoms with Crippen LogP contribution in [0.15, 0.2) is 0 Å². The van der Waals surface area contributed by atoms with Gasteiger partial charge in [0, 0.05) is 13.1 Å². The maximum absolute atomic E-state index is 6.38. The predicted octanol–water partition coefficient (Wildman–Crippen LogP) is 1.86. The number of ether oxygens (including phenoxy) is 2. The van der Waals surface area contributed by atoms with E-state index < -0.39 is 0 Å². The molecule has 16 heavy (non-hydrogen) atoms. The molecule has 1 N–H and O–H groups in total. The Kier molecular flexibility index (Phi) is 2.94. The maximum atomic E-state index is 6.38. The Morgan fingerprint density at radius 2 is 1.94 bits per heavy atom. The highest BCUT2D eigenvalue weighted by molar-refractivity contribution is 4.95. The first-order valence-corrected chi connectivity index (χ1v) is 6.81. The zero-order valence-corrected chi connectivity index (χ0v) is 10.2. The quantitative estimate of drug-likeness (QED) is 0.739. The fourth-order valence-electron chi connectivity index (χ4n) is 3.47. The minimum absolute atomic E-state index is 0.151. The first-order valence-electron chi connectivity index (χ1n) is 6.81. The zero-order chi connectivity index (χ0) is 11.0. The van der Waals surface area contributed by atoms with Gasteiger partial charge in [-0.2, -0.15) is 0 Å². The molecule has 2 aliphatic heterocycles. The molecular weight excluding hydrogens is 202 g/mol. The average molecular weight is 225 g/mol. The molecule has 1 aliphatic carbocycles. The van der Waals surface area contributed by atoms with Gasteiger partial charge in [-0.25, -0.2) is 0 Å². The molecule has 2 saturated heterocycles. The van der Waals surface area contributed by atoms with Gasteiger partial charge in [-0.15, -0.1) is 0 Å². The van der Waals surface area contributed by atoms with E-state index in [0.717, 1.165) is 13.1 Å². The van der Waals surface area contributed by atoms with Crippen LogP contribution >= 0.6 is 0 Å². The van der Waals surface area contributed by atoms with E-state index in [1.165, 1.54) is 38.5 Å². The van der Waals surface area contributed by atoms with Crippen molar-refractivity contribution in [2.75, 3.05) is 13.1 Å². The highest BCUT2D eigenvalue weighted by Gasteiger charge is 2.43. The van der Waals surface area contributed by atoms with Crippen LogP contribution < -0.4 is 5.32 Å². The topological polar surface area (TPSA) is 30.5 Å². The van der Waals surface area contributed by atoms with Crippen LogP contribution in [0.4, 0.5) is 0 Å². The van der Waals surface area contributed by atoms with Gasteiger partial charge in [0.15, 0.2) is 0 Å². The van der Waals surface area contributed by atoms with Crippen molar-refractivity contribution in [3.8, 4) is 0 Å². The lowest BCUT2D eigenvalue weighted by molar-refractivity contribution is -0.158. The second-order valence-electron chi connectivity index (χ2n) is 5.74. The summed E-state index contributed by atoms with van der Waals surface area (Å²) < 4.78 is 12.3. The lowest BCUT2D eigenvalue weighted by atomic mass is 9.98. The molecule has 92 valence electrons. The molecule has 3 unspecified atom stereocenters. The monoisotopic (exact) mass is 225 g/mol. The smallest absolute Gasteiger partial charge is 0.0968 e. The standard InChI is InChI=1S/C13H23NO2/c1-10-4-5-11(15-10)12-8-14-9-13(16-12)6-2-3-7-13/h10-12,14H,2-9H2,1H3. The van der Waals surface area contributed by atoms with E-state index in [4.69, 9.17) is 9.47 Å². The summed E-state index contributed by atoms with van der Waals surface area (Å²) in [5.74, 6) is 0. The summed E-state index contributed by atoms with van der Waals surface area (Å²) in [6, 6.07) is 0. The molecule has 3 rings (SSSR count). The van der Waals surface area contributed by atoms with Gasteiger partial charge in [-0.1, -0.05) is 12.8 Å². The third kappa shape index (κ3) is 2.01. The van der Waals surface area contributed by atoms with Crippen molar-refractivity contribution in [3.63, 3.8) is 0 Å². The van der Waals surface area contributed by atoms with Crippen molar-refractivity contribution in [2.24, 2.45) is 0 Å². The van der Waals surface area contributed by atoms with Crippen molar-refractivity contribution >= 4 is 0 Å². The predicted molar refractivity (Wildman–Crippen MR) is 62.5 cm³/mol. The van der Waals surface area contributed by atoms with E-state index in [0.29, 0.717) is 12.2 Å². The molecular formula is C13H23NO2. The van der Waals surface area contributed by atoms with Crippen molar-refractivity contribution in [2.45, 2.75) is 69.4 Å². The van der Waals surface area contributed by atoms with Crippen LogP contribution in [0.2, 0.25) is 0 Å². The molecule has 0 amide bonds. The van der Waals surface area contributed by atoms with E-state index in [1.807, 2.05) is 0 Å². The summed E-state index contributed by atoms with van der Waals surface area (Å²) in [6.07, 6.45) is 8.54. The van der Waals surface area contributed by atoms with E-state index >= 15 is 0 Å². The highest BCUT2D eigenvalue weighted by Crippen LogP contribution is 2.37. The summed E-state index contributed by atoms with van der Waals surface area (Å²) in [5, 5.41) is 3.55. The van der Waals surface area contributed by atoms with Crippen LogP contribution in [0.3, 0.4) is 0 Å². The number of morpholine rings is 1. The van der Waals surface area contributed by atoms with Crippen LogP contribution in [-0.4, -0.2) is 37.0 Å². The summed E-state index contributed by atoms with van der Waals surface area (Å²) >= 11 is 0. The molecule has 2 heterocycles. The summed E-state index contributed by atoms with van der Waals surface area (Å²) in [7, 11) is 0. The van der Waals surface area contributed by atoms with Gasteiger partial charge in [0.2, 0.25) is 0 Å². The average Bonchev–Trinajstić information content (AvgIpc) is 2.89. The third-order valence-electron chi connectivity index (χ3n) is 4.39. The second-order valence-corrected chi connectivity index (χ2v) is 5.74. The Morgan fingerprint density at radius 1 is 1.12 bits per heavy atom. The largest absolute Gasteiger partial charge is 0.373 e. The van der Waals surface area contributed by atoms with Gasteiger partial charge in [0.05, 0.1) is 23.9 Å². The Hall–Kier alpha value is -0.120. The van der Waals surface area contributed by atoms with Crippen LogP contribution in [0, 0.1) is 0 Å². The fraction of sp³-hybridized carbons (Fsp3) is 1.00. The van der Waals surface area contributed by atoms with Crippen molar-refractivity contribution in [1.29, 1.82) is 0 Å². The molecule has 0 aromatic carbocycles. The van der Waals surface area contributed by atoms with E-state index in [2.05, 4.69) is 12.2 Å². The molecule has 0 aromatic rings. The van der Waals surface area contributed by atoms with Gasteiger partial charge < -0.3 is 14.8 Å². The lowest BCUT2D eigenvalue weighted by Gasteiger charge is -2.41. The number of hydrogen-bond donors (Lipinski definition) is 1. The maximum Gasteiger partial charge on any atom is 0.0968 e. The molecule has 0 radical (unpaired) electrons. The molecule has 3 aliphatic rings. The summed E-state index contributed by atoms with van der Waals surface area (Å²) in [6.45, 7) is 4.19. The highest BCUT2D eigenvalue weighted by atomic mass is 16.6. The molecule has 3 nitrogen and oxygen atoms in total. The van der Waals surface area contributed by atoms with Crippen LogP contribution in [0.1, 0.15) is 45.4 Å². The molecule has 0 bridgehead atoms. The van der Waals surface area contributed by atoms with Crippen LogP contribution in [-0.2, 0) is 9.47 Å². The van der Waals surface area contributed by atoms with Crippen LogP contribution in [0.5, 0.6) is 0 Å². The SMILES string of the molecule is CC1CCC(C2CNCC3(CCCC3)O2)O1. The summed E-state index contributed by atoms with van der Waals surface area (Å²) in [5.41, 5.74) is 0.151. The Morgan fingerprint density at radius 3 is 2.62 bits per heavy atom. The van der Waals surface area contributed by atoms with Crippen LogP contribution in [0.25, 0.3) is 0 Å². The molecule has 1 spiro atoms. The normalized spacial score (nSPS) is 42.9. The Bertz CT molecular complexity index is 250. The molecule has 0 aromatic heterocycles. The van der Waals surface area contributed by atoms with Gasteiger partial charge in [-0.05, 0) is 32.6 Å². The van der Waals surface area contributed by atoms with Crippen molar-refractivity contribution in [3.05, 3.63) is 0 Å². The Balaban J connectivity index is 1.63. The van der Waals surface area contributed by atoms with E-state index in [-0.39, 0.29) is 11.7 Å².